The highest BCUT2D eigenvalue weighted by Crippen LogP contribution is 2.50. The van der Waals surface area contributed by atoms with E-state index in [1.807, 2.05) is 24.2 Å². The van der Waals surface area contributed by atoms with Crippen LogP contribution in [0.25, 0.3) is 11.3 Å². The smallest absolute Gasteiger partial charge is 0.237 e. The van der Waals surface area contributed by atoms with Gasteiger partial charge in [0.15, 0.2) is 0 Å². The van der Waals surface area contributed by atoms with Crippen LogP contribution in [0.3, 0.4) is 0 Å². The Balaban J connectivity index is 1.21. The summed E-state index contributed by atoms with van der Waals surface area (Å²) in [5.74, 6) is 1.18. The van der Waals surface area contributed by atoms with E-state index in [1.165, 1.54) is 17.5 Å². The van der Waals surface area contributed by atoms with Crippen LogP contribution in [-0.2, 0) is 17.3 Å². The van der Waals surface area contributed by atoms with Gasteiger partial charge in [-0.05, 0) is 62.3 Å². The van der Waals surface area contributed by atoms with Crippen LogP contribution in [0.15, 0.2) is 65.8 Å². The Morgan fingerprint density at radius 3 is 2.50 bits per heavy atom. The zero-order valence-corrected chi connectivity index (χ0v) is 24.2. The van der Waals surface area contributed by atoms with E-state index < -0.39 is 0 Å². The van der Waals surface area contributed by atoms with Crippen molar-refractivity contribution in [2.75, 3.05) is 17.8 Å². The Morgan fingerprint density at radius 2 is 1.82 bits per heavy atom. The maximum Gasteiger partial charge on any atom is 0.237 e. The number of nitrogens with one attached hydrogen (secondary N) is 1. The SMILES string of the molecule is Cc1ccc(C2(C(=O)N3CCC(Oc4cc(-c5c(C)cccc5C)nc(NSc5cnn(C)c5)n4)C3)CC2)cc1. The van der Waals surface area contributed by atoms with E-state index in [1.54, 1.807) is 10.9 Å². The molecule has 0 radical (unpaired) electrons. The summed E-state index contributed by atoms with van der Waals surface area (Å²) in [6, 6.07) is 16.6. The molecule has 3 heterocycles. The summed E-state index contributed by atoms with van der Waals surface area (Å²) >= 11 is 1.40. The largest absolute Gasteiger partial charge is 0.472 e. The number of ether oxygens (including phenoxy) is 1. The van der Waals surface area contributed by atoms with Gasteiger partial charge >= 0.3 is 0 Å². The molecule has 2 fully saturated rings. The summed E-state index contributed by atoms with van der Waals surface area (Å²) in [4.78, 5) is 26.1. The number of anilines is 1. The third kappa shape index (κ3) is 5.30. The normalized spacial score (nSPS) is 17.6. The minimum atomic E-state index is -0.367. The van der Waals surface area contributed by atoms with Crippen molar-refractivity contribution < 1.29 is 9.53 Å². The second kappa shape index (κ2) is 10.6. The third-order valence-corrected chi connectivity index (χ3v) is 8.60. The zero-order chi connectivity index (χ0) is 27.9. The van der Waals surface area contributed by atoms with Crippen LogP contribution in [0.5, 0.6) is 5.88 Å². The van der Waals surface area contributed by atoms with E-state index in [-0.39, 0.29) is 17.4 Å². The molecule has 9 heteroatoms. The number of hydrogen-bond donors (Lipinski definition) is 1. The lowest BCUT2D eigenvalue weighted by Gasteiger charge is -2.24. The van der Waals surface area contributed by atoms with Crippen molar-refractivity contribution >= 4 is 23.8 Å². The standard InChI is InChI=1S/C31H34N6O2S/c1-20-8-10-23(11-9-20)31(13-14-31)29(38)37-15-12-24(18-37)39-27-16-26(28-21(2)6-5-7-22(28)3)33-30(34-27)35-40-25-17-32-36(4)19-25/h5-11,16-17,19,24H,12-15,18H2,1-4H3,(H,33,34,35). The maximum atomic E-state index is 13.6. The molecule has 6 rings (SSSR count). The molecule has 1 N–H and O–H groups in total. The zero-order valence-electron chi connectivity index (χ0n) is 23.3. The van der Waals surface area contributed by atoms with Gasteiger partial charge in [-0.15, -0.1) is 0 Å². The van der Waals surface area contributed by atoms with E-state index in [0.717, 1.165) is 52.1 Å². The predicted molar refractivity (Wildman–Crippen MR) is 157 cm³/mol. The number of aromatic nitrogens is 4. The van der Waals surface area contributed by atoms with Crippen LogP contribution in [0, 0.1) is 20.8 Å². The quantitative estimate of drug-likeness (QED) is 0.283. The number of carbonyl (C=O) groups is 1. The van der Waals surface area contributed by atoms with Gasteiger partial charge in [0.05, 0.1) is 28.7 Å². The lowest BCUT2D eigenvalue weighted by atomic mass is 9.93. The van der Waals surface area contributed by atoms with Gasteiger partial charge in [-0.3, -0.25) is 14.2 Å². The molecule has 2 aromatic heterocycles. The molecule has 2 aromatic carbocycles. The van der Waals surface area contributed by atoms with Crippen molar-refractivity contribution in [1.82, 2.24) is 24.6 Å². The van der Waals surface area contributed by atoms with Gasteiger partial charge in [-0.1, -0.05) is 48.0 Å². The summed E-state index contributed by atoms with van der Waals surface area (Å²) in [7, 11) is 1.88. The van der Waals surface area contributed by atoms with Crippen LogP contribution in [0.1, 0.15) is 41.5 Å². The van der Waals surface area contributed by atoms with E-state index in [0.29, 0.717) is 24.9 Å². The van der Waals surface area contributed by atoms with Gasteiger partial charge in [0.1, 0.15) is 6.10 Å². The second-order valence-electron chi connectivity index (χ2n) is 11.0. The van der Waals surface area contributed by atoms with E-state index in [9.17, 15) is 4.79 Å². The molecule has 1 aliphatic heterocycles. The van der Waals surface area contributed by atoms with Crippen molar-refractivity contribution in [3.05, 3.63) is 83.2 Å². The summed E-state index contributed by atoms with van der Waals surface area (Å²) in [5.41, 5.74) is 6.12. The molecule has 4 aromatic rings. The third-order valence-electron chi connectivity index (χ3n) is 7.86. The van der Waals surface area contributed by atoms with Gasteiger partial charge in [-0.2, -0.15) is 10.1 Å². The molecule has 1 amide bonds. The number of rotatable bonds is 8. The van der Waals surface area contributed by atoms with Crippen molar-refractivity contribution in [3.8, 4) is 17.1 Å². The highest BCUT2D eigenvalue weighted by molar-refractivity contribution is 8.00. The minimum Gasteiger partial charge on any atom is -0.472 e. The molecule has 1 aliphatic carbocycles. The predicted octanol–water partition coefficient (Wildman–Crippen LogP) is 5.63. The lowest BCUT2D eigenvalue weighted by molar-refractivity contribution is -0.133. The topological polar surface area (TPSA) is 85.2 Å². The number of hydrogen-bond acceptors (Lipinski definition) is 7. The molecule has 1 unspecified atom stereocenters. The molecule has 206 valence electrons. The number of carbonyl (C=O) groups excluding carboxylic acids is 1. The average Bonchev–Trinajstić information content (AvgIpc) is 3.43. The number of nitrogens with zero attached hydrogens (tertiary/aromatic N) is 5. The molecule has 1 atom stereocenters. The summed E-state index contributed by atoms with van der Waals surface area (Å²) in [6.45, 7) is 7.50. The van der Waals surface area contributed by atoms with Gasteiger partial charge in [-0.25, -0.2) is 4.98 Å². The maximum absolute atomic E-state index is 13.6. The van der Waals surface area contributed by atoms with Crippen LogP contribution < -0.4 is 9.46 Å². The first-order valence-electron chi connectivity index (χ1n) is 13.7. The van der Waals surface area contributed by atoms with Crippen LogP contribution in [0.2, 0.25) is 0 Å². The number of likely N-dealkylation sites (tertiary alicyclic amines) is 1. The first-order chi connectivity index (χ1) is 19.3. The average molecular weight is 555 g/mol. The lowest BCUT2D eigenvalue weighted by Crippen LogP contribution is -2.38. The molecule has 1 saturated heterocycles. The Bertz CT molecular complexity index is 1530. The minimum absolute atomic E-state index is 0.127. The molecule has 0 spiro atoms. The Kier molecular flexibility index (Phi) is 7.00. The molecule has 40 heavy (non-hydrogen) atoms. The molecule has 1 saturated carbocycles. The first-order valence-corrected chi connectivity index (χ1v) is 14.5. The highest BCUT2D eigenvalue weighted by atomic mass is 32.2. The molecule has 8 nitrogen and oxygen atoms in total. The summed E-state index contributed by atoms with van der Waals surface area (Å²) < 4.78 is 11.5. The summed E-state index contributed by atoms with van der Waals surface area (Å²) in [5, 5.41) is 4.23. The van der Waals surface area contributed by atoms with Crippen molar-refractivity contribution in [2.45, 2.75) is 56.4 Å². The second-order valence-corrected chi connectivity index (χ2v) is 11.8. The highest BCUT2D eigenvalue weighted by Gasteiger charge is 2.53. The summed E-state index contributed by atoms with van der Waals surface area (Å²) in [6.07, 6.45) is 6.18. The van der Waals surface area contributed by atoms with Gasteiger partial charge in [0, 0.05) is 37.8 Å². The van der Waals surface area contributed by atoms with Crippen molar-refractivity contribution in [2.24, 2.45) is 7.05 Å². The first kappa shape index (κ1) is 26.4. The van der Waals surface area contributed by atoms with Crippen molar-refractivity contribution in [1.29, 1.82) is 0 Å². The van der Waals surface area contributed by atoms with Gasteiger partial charge in [0.25, 0.3) is 0 Å². The molecule has 2 aliphatic rings. The van der Waals surface area contributed by atoms with E-state index in [4.69, 9.17) is 14.7 Å². The number of benzene rings is 2. The van der Waals surface area contributed by atoms with Crippen LogP contribution in [0.4, 0.5) is 5.95 Å². The fourth-order valence-electron chi connectivity index (χ4n) is 5.54. The molecule has 0 bridgehead atoms. The van der Waals surface area contributed by atoms with Gasteiger partial charge in [0.2, 0.25) is 17.7 Å². The Labute approximate surface area is 239 Å². The monoisotopic (exact) mass is 554 g/mol. The number of amides is 1. The van der Waals surface area contributed by atoms with Crippen LogP contribution in [-0.4, -0.2) is 49.7 Å². The van der Waals surface area contributed by atoms with Gasteiger partial charge < -0.3 is 9.64 Å². The fraction of sp³-hybridized carbons (Fsp3) is 0.355. The molecular formula is C31H34N6O2S. The molecular weight excluding hydrogens is 520 g/mol. The van der Waals surface area contributed by atoms with Crippen LogP contribution >= 0.6 is 11.9 Å². The fourth-order valence-corrected chi connectivity index (χ4v) is 6.15. The Hall–Kier alpha value is -3.85. The van der Waals surface area contributed by atoms with E-state index in [2.05, 4.69) is 73.1 Å². The number of aryl methyl sites for hydroxylation is 4. The van der Waals surface area contributed by atoms with Crippen molar-refractivity contribution in [3.63, 3.8) is 0 Å². The Morgan fingerprint density at radius 1 is 1.07 bits per heavy atom. The van der Waals surface area contributed by atoms with E-state index >= 15 is 0 Å².